The lowest BCUT2D eigenvalue weighted by Crippen LogP contribution is -2.06. The second-order valence-corrected chi connectivity index (χ2v) is 3.06. The molecule has 0 bridgehead atoms. The molecule has 0 atom stereocenters. The molecule has 0 spiro atoms. The van der Waals surface area contributed by atoms with E-state index in [1.54, 1.807) is 19.4 Å². The summed E-state index contributed by atoms with van der Waals surface area (Å²) in [4.78, 5) is 0. The van der Waals surface area contributed by atoms with Gasteiger partial charge in [0.1, 0.15) is 6.61 Å². The van der Waals surface area contributed by atoms with Crippen LogP contribution in [0.5, 0.6) is 5.75 Å². The molecule has 0 radical (unpaired) electrons. The highest BCUT2D eigenvalue weighted by Gasteiger charge is 2.25. The van der Waals surface area contributed by atoms with Crippen LogP contribution in [-0.2, 0) is 14.2 Å². The van der Waals surface area contributed by atoms with Crippen LogP contribution < -0.4 is 4.74 Å². The van der Waals surface area contributed by atoms with Gasteiger partial charge in [0, 0.05) is 13.2 Å². The Morgan fingerprint density at radius 2 is 2.13 bits per heavy atom. The summed E-state index contributed by atoms with van der Waals surface area (Å²) in [5.41, 5.74) is 0. The lowest BCUT2D eigenvalue weighted by Gasteiger charge is -2.09. The van der Waals surface area contributed by atoms with E-state index in [0.29, 0.717) is 37.9 Å². The van der Waals surface area contributed by atoms with E-state index in [0.717, 1.165) is 0 Å². The summed E-state index contributed by atoms with van der Waals surface area (Å²) in [6.07, 6.45) is 1.13. The van der Waals surface area contributed by atoms with Gasteiger partial charge in [0.15, 0.2) is 5.75 Å². The number of hydrogen-bond acceptors (Lipinski definition) is 5. The largest absolute Gasteiger partial charge is 0.487 e. The molecule has 0 aliphatic carbocycles. The Hall–Kier alpha value is -1.04. The third-order valence-corrected chi connectivity index (χ3v) is 2.04. The van der Waals surface area contributed by atoms with Gasteiger partial charge in [-0.2, -0.15) is 0 Å². The zero-order chi connectivity index (χ0) is 10.5. The van der Waals surface area contributed by atoms with Crippen LogP contribution in [0.25, 0.3) is 0 Å². The molecule has 1 aliphatic rings. The second-order valence-electron chi connectivity index (χ2n) is 3.06. The summed E-state index contributed by atoms with van der Waals surface area (Å²) in [5, 5.41) is 0. The second kappa shape index (κ2) is 5.16. The van der Waals surface area contributed by atoms with Crippen molar-refractivity contribution in [1.82, 2.24) is 0 Å². The quantitative estimate of drug-likeness (QED) is 0.692. The van der Waals surface area contributed by atoms with Gasteiger partial charge in [-0.3, -0.25) is 0 Å². The molecule has 1 aromatic heterocycles. The molecule has 1 saturated heterocycles. The minimum absolute atomic E-state index is 0.433. The van der Waals surface area contributed by atoms with Crippen LogP contribution in [0.4, 0.5) is 0 Å². The smallest absolute Gasteiger partial charge is 0.221 e. The van der Waals surface area contributed by atoms with Crippen LogP contribution >= 0.6 is 0 Å². The van der Waals surface area contributed by atoms with E-state index in [-0.39, 0.29) is 0 Å². The average molecular weight is 214 g/mol. The molecule has 1 aliphatic heterocycles. The molecular weight excluding hydrogens is 200 g/mol. The normalized spacial score (nSPS) is 17.1. The van der Waals surface area contributed by atoms with Gasteiger partial charge in [0.2, 0.25) is 12.1 Å². The summed E-state index contributed by atoms with van der Waals surface area (Å²) >= 11 is 0. The molecule has 0 unspecified atom stereocenters. The van der Waals surface area contributed by atoms with Gasteiger partial charge in [-0.25, -0.2) is 0 Å². The zero-order valence-electron chi connectivity index (χ0n) is 8.60. The van der Waals surface area contributed by atoms with Crippen molar-refractivity contribution < 1.29 is 23.4 Å². The molecule has 2 rings (SSSR count). The minimum atomic E-state index is -0.433. The fourth-order valence-corrected chi connectivity index (χ4v) is 1.35. The molecule has 0 amide bonds. The van der Waals surface area contributed by atoms with Crippen LogP contribution in [0.3, 0.4) is 0 Å². The van der Waals surface area contributed by atoms with Crippen molar-refractivity contribution in [2.45, 2.75) is 6.29 Å². The first-order valence-corrected chi connectivity index (χ1v) is 4.84. The monoisotopic (exact) mass is 214 g/mol. The molecule has 0 aromatic carbocycles. The fourth-order valence-electron chi connectivity index (χ4n) is 1.35. The Morgan fingerprint density at radius 3 is 2.87 bits per heavy atom. The Kier molecular flexibility index (Phi) is 3.60. The van der Waals surface area contributed by atoms with Crippen LogP contribution in [0.2, 0.25) is 0 Å². The van der Waals surface area contributed by atoms with E-state index in [2.05, 4.69) is 0 Å². The summed E-state index contributed by atoms with van der Waals surface area (Å²) in [6.45, 7) is 2.19. The third kappa shape index (κ3) is 2.50. The summed E-state index contributed by atoms with van der Waals surface area (Å²) in [6, 6.07) is 1.75. The van der Waals surface area contributed by atoms with Gasteiger partial charge < -0.3 is 23.4 Å². The molecule has 0 saturated carbocycles. The van der Waals surface area contributed by atoms with E-state index in [1.807, 2.05) is 0 Å². The van der Waals surface area contributed by atoms with Crippen LogP contribution in [0.15, 0.2) is 16.7 Å². The zero-order valence-corrected chi connectivity index (χ0v) is 8.60. The molecular formula is C10H14O5. The molecule has 1 aromatic rings. The maximum atomic E-state index is 5.45. The molecule has 2 heterocycles. The Bertz CT molecular complexity index is 290. The Balaban J connectivity index is 1.95. The van der Waals surface area contributed by atoms with Crippen molar-refractivity contribution in [3.05, 3.63) is 18.1 Å². The highest BCUT2D eigenvalue weighted by atomic mass is 16.7. The maximum absolute atomic E-state index is 5.45. The number of methoxy groups -OCH3 is 1. The average Bonchev–Trinajstić information content (AvgIpc) is 2.87. The summed E-state index contributed by atoms with van der Waals surface area (Å²) in [7, 11) is 1.63. The minimum Gasteiger partial charge on any atom is -0.487 e. The number of hydrogen-bond donors (Lipinski definition) is 0. The number of ether oxygens (including phenoxy) is 4. The van der Waals surface area contributed by atoms with Crippen molar-refractivity contribution >= 4 is 0 Å². The first-order chi connectivity index (χ1) is 7.42. The lowest BCUT2D eigenvalue weighted by atomic mass is 10.4. The summed E-state index contributed by atoms with van der Waals surface area (Å²) < 4.78 is 26.2. The molecule has 84 valence electrons. The lowest BCUT2D eigenvalue weighted by molar-refractivity contribution is -0.0609. The topological polar surface area (TPSA) is 50.1 Å². The highest BCUT2D eigenvalue weighted by Crippen LogP contribution is 2.31. The third-order valence-electron chi connectivity index (χ3n) is 2.04. The number of rotatable bonds is 5. The maximum Gasteiger partial charge on any atom is 0.221 e. The van der Waals surface area contributed by atoms with E-state index in [9.17, 15) is 0 Å². The standard InChI is InChI=1S/C10H14O5/c1-11-4-5-12-8-2-3-13-9(8)10-14-6-7-15-10/h2-3,10H,4-7H2,1H3. The first kappa shape index (κ1) is 10.5. The molecule has 0 N–H and O–H groups in total. The van der Waals surface area contributed by atoms with E-state index in [1.165, 1.54) is 0 Å². The number of furan rings is 1. The Labute approximate surface area is 87.9 Å². The Morgan fingerprint density at radius 1 is 1.33 bits per heavy atom. The van der Waals surface area contributed by atoms with Crippen molar-refractivity contribution in [1.29, 1.82) is 0 Å². The molecule has 1 fully saturated rings. The first-order valence-electron chi connectivity index (χ1n) is 4.84. The van der Waals surface area contributed by atoms with Gasteiger partial charge in [0.05, 0.1) is 26.1 Å². The van der Waals surface area contributed by atoms with Gasteiger partial charge in [-0.05, 0) is 0 Å². The van der Waals surface area contributed by atoms with Crippen LogP contribution in [-0.4, -0.2) is 33.5 Å². The fraction of sp³-hybridized carbons (Fsp3) is 0.600. The van der Waals surface area contributed by atoms with E-state index >= 15 is 0 Å². The SMILES string of the molecule is COCCOc1ccoc1C1OCCO1. The van der Waals surface area contributed by atoms with Gasteiger partial charge in [0.25, 0.3) is 0 Å². The predicted molar refractivity (Wildman–Crippen MR) is 50.7 cm³/mol. The van der Waals surface area contributed by atoms with Crippen molar-refractivity contribution in [3.63, 3.8) is 0 Å². The molecule has 5 nitrogen and oxygen atoms in total. The van der Waals surface area contributed by atoms with Gasteiger partial charge in [-0.1, -0.05) is 0 Å². The molecule has 5 heteroatoms. The predicted octanol–water partition coefficient (Wildman–Crippen LogP) is 1.35. The summed E-state index contributed by atoms with van der Waals surface area (Å²) in [5.74, 6) is 1.24. The van der Waals surface area contributed by atoms with Crippen molar-refractivity contribution in [2.24, 2.45) is 0 Å². The highest BCUT2D eigenvalue weighted by molar-refractivity contribution is 5.25. The molecule has 15 heavy (non-hydrogen) atoms. The van der Waals surface area contributed by atoms with Gasteiger partial charge in [-0.15, -0.1) is 0 Å². The van der Waals surface area contributed by atoms with E-state index < -0.39 is 6.29 Å². The van der Waals surface area contributed by atoms with Gasteiger partial charge >= 0.3 is 0 Å². The van der Waals surface area contributed by atoms with Crippen molar-refractivity contribution in [3.8, 4) is 5.75 Å². The van der Waals surface area contributed by atoms with E-state index in [4.69, 9.17) is 23.4 Å². The van der Waals surface area contributed by atoms with Crippen molar-refractivity contribution in [2.75, 3.05) is 33.5 Å². The van der Waals surface area contributed by atoms with Crippen LogP contribution in [0, 0.1) is 0 Å². The van der Waals surface area contributed by atoms with Crippen LogP contribution in [0.1, 0.15) is 12.1 Å².